The fourth-order valence-corrected chi connectivity index (χ4v) is 4.78. The number of para-hydroxylation sites is 1. The van der Waals surface area contributed by atoms with Gasteiger partial charge in [0.05, 0.1) is 23.7 Å². The molecular formula is C22H31N5O4. The van der Waals surface area contributed by atoms with Gasteiger partial charge in [-0.25, -0.2) is 4.79 Å². The van der Waals surface area contributed by atoms with Crippen molar-refractivity contribution in [3.8, 4) is 0 Å². The van der Waals surface area contributed by atoms with Gasteiger partial charge in [-0.15, -0.1) is 0 Å². The molecule has 168 valence electrons. The number of imidazole rings is 1. The summed E-state index contributed by atoms with van der Waals surface area (Å²) in [5.74, 6) is -0.685. The molecule has 9 heteroatoms. The van der Waals surface area contributed by atoms with E-state index in [0.29, 0.717) is 6.42 Å². The van der Waals surface area contributed by atoms with E-state index in [1.807, 2.05) is 19.2 Å². The van der Waals surface area contributed by atoms with Crippen molar-refractivity contribution in [1.82, 2.24) is 24.7 Å². The minimum absolute atomic E-state index is 0.222. The summed E-state index contributed by atoms with van der Waals surface area (Å²) in [7, 11) is 3.69. The molecule has 4 rings (SSSR count). The molecule has 0 saturated carbocycles. The van der Waals surface area contributed by atoms with E-state index in [-0.39, 0.29) is 24.1 Å². The lowest BCUT2D eigenvalue weighted by Gasteiger charge is -2.32. The molecular weight excluding hydrogens is 398 g/mol. The molecule has 1 unspecified atom stereocenters. The largest absolute Gasteiger partial charge is 0.374 e. The van der Waals surface area contributed by atoms with Crippen LogP contribution in [0.2, 0.25) is 0 Å². The van der Waals surface area contributed by atoms with E-state index in [2.05, 4.69) is 21.6 Å². The second-order valence-corrected chi connectivity index (χ2v) is 8.42. The number of aromatic nitrogens is 2. The van der Waals surface area contributed by atoms with Crippen molar-refractivity contribution in [2.45, 2.75) is 37.8 Å². The van der Waals surface area contributed by atoms with Gasteiger partial charge in [0.1, 0.15) is 6.04 Å². The molecule has 3 heterocycles. The van der Waals surface area contributed by atoms with Crippen molar-refractivity contribution in [2.75, 3.05) is 39.8 Å². The maximum absolute atomic E-state index is 13.0. The van der Waals surface area contributed by atoms with Crippen molar-refractivity contribution in [2.24, 2.45) is 7.05 Å². The maximum atomic E-state index is 13.0. The van der Waals surface area contributed by atoms with E-state index in [0.717, 1.165) is 62.2 Å². The van der Waals surface area contributed by atoms with Crippen molar-refractivity contribution < 1.29 is 14.3 Å². The number of hydrogen-bond acceptors (Lipinski definition) is 6. The van der Waals surface area contributed by atoms with Crippen LogP contribution in [0, 0.1) is 0 Å². The fourth-order valence-electron chi connectivity index (χ4n) is 4.78. The van der Waals surface area contributed by atoms with Gasteiger partial charge in [-0.1, -0.05) is 12.1 Å². The molecule has 2 aromatic rings. The van der Waals surface area contributed by atoms with Crippen LogP contribution in [0.5, 0.6) is 0 Å². The zero-order valence-electron chi connectivity index (χ0n) is 18.2. The van der Waals surface area contributed by atoms with Crippen LogP contribution >= 0.6 is 0 Å². The van der Waals surface area contributed by atoms with E-state index in [1.165, 1.54) is 0 Å². The molecule has 9 nitrogen and oxygen atoms in total. The number of benzene rings is 1. The molecule has 2 amide bonds. The Morgan fingerprint density at radius 1 is 1.26 bits per heavy atom. The molecule has 0 spiro atoms. The lowest BCUT2D eigenvalue weighted by atomic mass is 10.0. The number of likely N-dealkylation sites (N-methyl/N-ethyl adjacent to an activating group) is 1. The van der Waals surface area contributed by atoms with E-state index in [1.54, 1.807) is 16.2 Å². The average Bonchev–Trinajstić information content (AvgIpc) is 3.00. The lowest BCUT2D eigenvalue weighted by Crippen LogP contribution is -2.46. The molecule has 2 saturated heterocycles. The van der Waals surface area contributed by atoms with E-state index >= 15 is 0 Å². The van der Waals surface area contributed by atoms with Gasteiger partial charge >= 0.3 is 5.69 Å². The van der Waals surface area contributed by atoms with Gasteiger partial charge in [0.2, 0.25) is 11.8 Å². The first kappa shape index (κ1) is 21.7. The third kappa shape index (κ3) is 4.44. The predicted molar refractivity (Wildman–Crippen MR) is 117 cm³/mol. The maximum Gasteiger partial charge on any atom is 0.329 e. The van der Waals surface area contributed by atoms with Crippen LogP contribution < -0.4 is 16.3 Å². The lowest BCUT2D eigenvalue weighted by molar-refractivity contribution is -0.135. The Kier molecular flexibility index (Phi) is 6.54. The number of amides is 2. The molecule has 2 N–H and O–H groups in total. The summed E-state index contributed by atoms with van der Waals surface area (Å²) in [4.78, 5) is 39.4. The monoisotopic (exact) mass is 429 g/mol. The Morgan fingerprint density at radius 2 is 2.10 bits per heavy atom. The Hall–Kier alpha value is -2.49. The summed E-state index contributed by atoms with van der Waals surface area (Å²) >= 11 is 0. The number of carbonyl (C=O) groups excluding carboxylic acids is 2. The Labute approximate surface area is 181 Å². The number of fused-ring (bicyclic) bond motifs is 1. The van der Waals surface area contributed by atoms with Gasteiger partial charge in [0.25, 0.3) is 0 Å². The standard InChI is InChI=1S/C22H31N5O4/c1-23-13-16-14-26(11-12-31-16)10-4-6-15-5-3-7-17-20(15)25(2)22(30)27(17)18-8-9-19(28)24-21(18)29/h3,5,7,16,18,23H,4,6,8-14H2,1-2H3,(H,24,28,29)/t16-,18?/m1/s1. The van der Waals surface area contributed by atoms with Crippen LogP contribution in [0.3, 0.4) is 0 Å². The summed E-state index contributed by atoms with van der Waals surface area (Å²) in [6.45, 7) is 4.45. The second-order valence-electron chi connectivity index (χ2n) is 8.42. The molecule has 1 aromatic carbocycles. The van der Waals surface area contributed by atoms with Crippen LogP contribution in [-0.4, -0.2) is 71.8 Å². The van der Waals surface area contributed by atoms with Gasteiger partial charge in [0.15, 0.2) is 0 Å². The van der Waals surface area contributed by atoms with Gasteiger partial charge in [-0.2, -0.15) is 0 Å². The highest BCUT2D eigenvalue weighted by Crippen LogP contribution is 2.25. The predicted octanol–water partition coefficient (Wildman–Crippen LogP) is 0.171. The molecule has 0 bridgehead atoms. The van der Waals surface area contributed by atoms with Gasteiger partial charge in [0, 0.05) is 33.1 Å². The van der Waals surface area contributed by atoms with Crippen molar-refractivity contribution >= 4 is 22.8 Å². The number of nitrogens with one attached hydrogen (secondary N) is 2. The van der Waals surface area contributed by atoms with E-state index in [9.17, 15) is 14.4 Å². The smallest absolute Gasteiger partial charge is 0.329 e. The second kappa shape index (κ2) is 9.33. The number of morpholine rings is 1. The minimum atomic E-state index is -0.651. The highest BCUT2D eigenvalue weighted by molar-refractivity contribution is 6.00. The van der Waals surface area contributed by atoms with E-state index < -0.39 is 11.9 Å². The molecule has 31 heavy (non-hydrogen) atoms. The average molecular weight is 430 g/mol. The van der Waals surface area contributed by atoms with Crippen molar-refractivity contribution in [3.05, 3.63) is 34.2 Å². The van der Waals surface area contributed by atoms with Gasteiger partial charge < -0.3 is 10.1 Å². The Balaban J connectivity index is 1.51. The first-order valence-electron chi connectivity index (χ1n) is 11.0. The van der Waals surface area contributed by atoms with Gasteiger partial charge in [-0.05, 0) is 44.5 Å². The minimum Gasteiger partial charge on any atom is -0.374 e. The van der Waals surface area contributed by atoms with Crippen LogP contribution in [0.15, 0.2) is 23.0 Å². The fraction of sp³-hybridized carbons (Fsp3) is 0.591. The van der Waals surface area contributed by atoms with E-state index in [4.69, 9.17) is 4.74 Å². The zero-order chi connectivity index (χ0) is 22.0. The molecule has 2 aliphatic rings. The van der Waals surface area contributed by atoms with Crippen LogP contribution in [0.1, 0.15) is 30.9 Å². The molecule has 2 aliphatic heterocycles. The number of ether oxygens (including phenoxy) is 1. The highest BCUT2D eigenvalue weighted by atomic mass is 16.5. The molecule has 2 fully saturated rings. The molecule has 0 aliphatic carbocycles. The number of rotatable bonds is 7. The number of piperidine rings is 1. The van der Waals surface area contributed by atoms with Crippen LogP contribution in [-0.2, 0) is 27.8 Å². The number of hydrogen-bond donors (Lipinski definition) is 2. The molecule has 2 atom stereocenters. The SMILES string of the molecule is CNC[C@@H]1CN(CCCc2cccc3c2n(C)c(=O)n3C2CCC(=O)NC2=O)CCO1. The first-order chi connectivity index (χ1) is 15.0. The number of nitrogens with zero attached hydrogens (tertiary/aromatic N) is 3. The van der Waals surface area contributed by atoms with Crippen molar-refractivity contribution in [1.29, 1.82) is 0 Å². The molecule has 0 radical (unpaired) electrons. The summed E-state index contributed by atoms with van der Waals surface area (Å²) < 4.78 is 8.95. The molecule has 1 aromatic heterocycles. The third-order valence-electron chi connectivity index (χ3n) is 6.28. The number of aryl methyl sites for hydroxylation is 2. The number of imide groups is 1. The number of carbonyl (C=O) groups is 2. The summed E-state index contributed by atoms with van der Waals surface area (Å²) in [5, 5.41) is 5.53. The first-order valence-corrected chi connectivity index (χ1v) is 11.0. The zero-order valence-corrected chi connectivity index (χ0v) is 18.2. The summed E-state index contributed by atoms with van der Waals surface area (Å²) in [5.41, 5.74) is 2.50. The van der Waals surface area contributed by atoms with Crippen LogP contribution in [0.4, 0.5) is 0 Å². The Morgan fingerprint density at radius 3 is 2.87 bits per heavy atom. The highest BCUT2D eigenvalue weighted by Gasteiger charge is 2.31. The van der Waals surface area contributed by atoms with Gasteiger partial charge in [-0.3, -0.25) is 28.9 Å². The Bertz CT molecular complexity index is 1020. The quantitative estimate of drug-likeness (QED) is 0.609. The summed E-state index contributed by atoms with van der Waals surface area (Å²) in [6.07, 6.45) is 2.64. The topological polar surface area (TPSA) is 97.6 Å². The van der Waals surface area contributed by atoms with Crippen LogP contribution in [0.25, 0.3) is 11.0 Å². The van der Waals surface area contributed by atoms with Crippen molar-refractivity contribution in [3.63, 3.8) is 0 Å². The summed E-state index contributed by atoms with van der Waals surface area (Å²) in [6, 6.07) is 5.23. The normalized spacial score (nSPS) is 22.8. The third-order valence-corrected chi connectivity index (χ3v) is 6.28.